The van der Waals surface area contributed by atoms with E-state index in [-0.39, 0.29) is 16.7 Å². The standard InChI is InChI=1S/C48H41N3O/c1-31-18-20-33(21-19-31)35-24-25-49-43(30-35)37-27-36(28-38(29-37)48(3,4)5)41-15-11-16-44-46(41)50-47(42-14-9-10-17-45(42)52)51(44)39-22-23-40(32(2)26-39)34-12-7-6-8-13-34/h6-30,52H,1-5H3/i2D3. The molecule has 0 unspecified atom stereocenters. The van der Waals surface area contributed by atoms with Crippen LogP contribution in [-0.2, 0) is 5.41 Å². The highest BCUT2D eigenvalue weighted by Gasteiger charge is 2.22. The Kier molecular flexibility index (Phi) is 7.44. The highest BCUT2D eigenvalue weighted by molar-refractivity contribution is 5.97. The van der Waals surface area contributed by atoms with Crippen LogP contribution in [-0.4, -0.2) is 19.6 Å². The van der Waals surface area contributed by atoms with Crippen molar-refractivity contribution >= 4 is 11.0 Å². The Balaban J connectivity index is 1.36. The van der Waals surface area contributed by atoms with Crippen LogP contribution in [0.25, 0.3) is 72.7 Å². The summed E-state index contributed by atoms with van der Waals surface area (Å²) >= 11 is 0. The van der Waals surface area contributed by atoms with Crippen molar-refractivity contribution in [3.05, 3.63) is 168 Å². The van der Waals surface area contributed by atoms with E-state index in [0.29, 0.717) is 22.6 Å². The zero-order valence-corrected chi connectivity index (χ0v) is 29.7. The first-order chi connectivity index (χ1) is 26.3. The number of rotatable bonds is 6. The van der Waals surface area contributed by atoms with Gasteiger partial charge in [0.25, 0.3) is 0 Å². The molecule has 52 heavy (non-hydrogen) atoms. The second kappa shape index (κ2) is 13.1. The van der Waals surface area contributed by atoms with Crippen molar-refractivity contribution in [1.82, 2.24) is 14.5 Å². The molecule has 0 amide bonds. The van der Waals surface area contributed by atoms with Crippen LogP contribution in [0.4, 0.5) is 0 Å². The molecule has 0 spiro atoms. The minimum atomic E-state index is -2.38. The summed E-state index contributed by atoms with van der Waals surface area (Å²) in [6, 6.07) is 47.6. The van der Waals surface area contributed by atoms with E-state index in [1.807, 2.05) is 83.6 Å². The lowest BCUT2D eigenvalue weighted by Crippen LogP contribution is -2.11. The van der Waals surface area contributed by atoms with Gasteiger partial charge in [-0.05, 0) is 113 Å². The number of aryl methyl sites for hydroxylation is 2. The summed E-state index contributed by atoms with van der Waals surface area (Å²) in [4.78, 5) is 10.1. The van der Waals surface area contributed by atoms with Gasteiger partial charge in [-0.1, -0.05) is 117 Å². The van der Waals surface area contributed by atoms with Crippen LogP contribution < -0.4 is 0 Å². The van der Waals surface area contributed by atoms with E-state index >= 15 is 0 Å². The van der Waals surface area contributed by atoms with Crippen LogP contribution >= 0.6 is 0 Å². The lowest BCUT2D eigenvalue weighted by Gasteiger charge is -2.22. The first kappa shape index (κ1) is 29.5. The van der Waals surface area contributed by atoms with Crippen molar-refractivity contribution in [2.45, 2.75) is 40.0 Å². The van der Waals surface area contributed by atoms with Gasteiger partial charge in [-0.2, -0.15) is 0 Å². The Morgan fingerprint density at radius 2 is 1.37 bits per heavy atom. The fraction of sp³-hybridized carbons (Fsp3) is 0.125. The van der Waals surface area contributed by atoms with Gasteiger partial charge in [0.15, 0.2) is 0 Å². The van der Waals surface area contributed by atoms with Gasteiger partial charge in [0.05, 0.1) is 22.3 Å². The Morgan fingerprint density at radius 3 is 2.13 bits per heavy atom. The molecule has 0 aliphatic heterocycles. The van der Waals surface area contributed by atoms with Crippen LogP contribution in [0.3, 0.4) is 0 Å². The number of hydrogen-bond donors (Lipinski definition) is 1. The van der Waals surface area contributed by atoms with E-state index in [4.69, 9.17) is 14.1 Å². The first-order valence-corrected chi connectivity index (χ1v) is 17.5. The molecule has 6 aromatic carbocycles. The van der Waals surface area contributed by atoms with Gasteiger partial charge in [0.1, 0.15) is 11.6 Å². The normalized spacial score (nSPS) is 12.7. The Hall–Kier alpha value is -6.26. The zero-order valence-electron chi connectivity index (χ0n) is 32.7. The third kappa shape index (κ3) is 6.18. The predicted molar refractivity (Wildman–Crippen MR) is 216 cm³/mol. The molecule has 1 N–H and O–H groups in total. The first-order valence-electron chi connectivity index (χ1n) is 19.0. The number of para-hydroxylation sites is 2. The lowest BCUT2D eigenvalue weighted by atomic mass is 9.83. The molecule has 254 valence electrons. The fourth-order valence-corrected chi connectivity index (χ4v) is 6.86. The van der Waals surface area contributed by atoms with Gasteiger partial charge in [0.2, 0.25) is 0 Å². The Labute approximate surface area is 310 Å². The van der Waals surface area contributed by atoms with Gasteiger partial charge in [-0.25, -0.2) is 4.98 Å². The average Bonchev–Trinajstić information content (AvgIpc) is 3.57. The fourth-order valence-electron chi connectivity index (χ4n) is 6.86. The Morgan fingerprint density at radius 1 is 0.615 bits per heavy atom. The van der Waals surface area contributed by atoms with Crippen LogP contribution in [0.2, 0.25) is 0 Å². The molecule has 8 rings (SSSR count). The van der Waals surface area contributed by atoms with Crippen molar-refractivity contribution in [3.8, 4) is 67.5 Å². The van der Waals surface area contributed by atoms with Gasteiger partial charge >= 0.3 is 0 Å². The number of nitrogens with zero attached hydrogens (tertiary/aromatic N) is 3. The number of phenols is 1. The number of aromatic nitrogens is 3. The van der Waals surface area contributed by atoms with Crippen molar-refractivity contribution in [2.24, 2.45) is 0 Å². The number of benzene rings is 6. The van der Waals surface area contributed by atoms with Gasteiger partial charge in [-0.3, -0.25) is 9.55 Å². The van der Waals surface area contributed by atoms with Gasteiger partial charge in [-0.15, -0.1) is 0 Å². The molecule has 0 saturated carbocycles. The summed E-state index contributed by atoms with van der Waals surface area (Å²) in [5.41, 5.74) is 12.5. The molecular formula is C48H41N3O. The topological polar surface area (TPSA) is 50.9 Å². The quantitative estimate of drug-likeness (QED) is 0.190. The number of pyridine rings is 1. The van der Waals surface area contributed by atoms with E-state index in [9.17, 15) is 5.11 Å². The summed E-state index contributed by atoms with van der Waals surface area (Å²) in [5, 5.41) is 11.2. The molecule has 0 bridgehead atoms. The molecule has 4 heteroatoms. The summed E-state index contributed by atoms with van der Waals surface area (Å²) in [6.45, 7) is 6.33. The van der Waals surface area contributed by atoms with Crippen molar-refractivity contribution in [3.63, 3.8) is 0 Å². The van der Waals surface area contributed by atoms with Crippen LogP contribution in [0.15, 0.2) is 152 Å². The SMILES string of the molecule is [2H]C([2H])([2H])c1cc(-n2c(-c3ccccc3O)nc3c(-c4cc(-c5cc(-c6ccc(C)cc6)ccn5)cc(C(C)(C)C)c4)cccc32)ccc1-c1ccccc1. The smallest absolute Gasteiger partial charge is 0.149 e. The van der Waals surface area contributed by atoms with E-state index in [1.54, 1.807) is 18.2 Å². The molecule has 8 aromatic rings. The van der Waals surface area contributed by atoms with Crippen molar-refractivity contribution in [2.75, 3.05) is 0 Å². The highest BCUT2D eigenvalue weighted by atomic mass is 16.3. The monoisotopic (exact) mass is 678 g/mol. The average molecular weight is 679 g/mol. The number of hydrogen-bond acceptors (Lipinski definition) is 3. The lowest BCUT2D eigenvalue weighted by molar-refractivity contribution is 0.477. The number of imidazole rings is 1. The number of fused-ring (bicyclic) bond motifs is 1. The van der Waals surface area contributed by atoms with Gasteiger partial charge in [0, 0.05) is 27.1 Å². The molecule has 4 nitrogen and oxygen atoms in total. The maximum absolute atomic E-state index is 11.2. The summed E-state index contributed by atoms with van der Waals surface area (Å²) in [5.74, 6) is 0.582. The summed E-state index contributed by atoms with van der Waals surface area (Å²) < 4.78 is 27.6. The molecule has 0 aliphatic rings. The van der Waals surface area contributed by atoms with E-state index in [1.165, 1.54) is 5.56 Å². The predicted octanol–water partition coefficient (Wildman–Crippen LogP) is 12.4. The summed E-state index contributed by atoms with van der Waals surface area (Å²) in [7, 11) is 0. The third-order valence-electron chi connectivity index (χ3n) is 9.73. The molecule has 2 aromatic heterocycles. The number of aromatic hydroxyl groups is 1. The minimum Gasteiger partial charge on any atom is -0.507 e. The third-order valence-corrected chi connectivity index (χ3v) is 9.73. The van der Waals surface area contributed by atoms with Gasteiger partial charge < -0.3 is 5.11 Å². The van der Waals surface area contributed by atoms with E-state index < -0.39 is 6.85 Å². The molecule has 0 atom stereocenters. The summed E-state index contributed by atoms with van der Waals surface area (Å²) in [6.07, 6.45) is 1.87. The second-order valence-corrected chi connectivity index (χ2v) is 14.4. The van der Waals surface area contributed by atoms with E-state index in [0.717, 1.165) is 55.7 Å². The highest BCUT2D eigenvalue weighted by Crippen LogP contribution is 2.40. The number of phenolic OH excluding ortho intramolecular Hbond substituents is 1. The molecule has 0 fully saturated rings. The molecule has 0 radical (unpaired) electrons. The zero-order chi connectivity index (χ0) is 38.5. The maximum atomic E-state index is 11.2. The van der Waals surface area contributed by atoms with Crippen LogP contribution in [0.1, 0.15) is 41.6 Å². The molecule has 0 aliphatic carbocycles. The van der Waals surface area contributed by atoms with Crippen LogP contribution in [0, 0.1) is 13.8 Å². The Bertz CT molecular complexity index is 2690. The van der Waals surface area contributed by atoms with E-state index in [2.05, 4.69) is 82.3 Å². The minimum absolute atomic E-state index is 0.0779. The molecule has 2 heterocycles. The second-order valence-electron chi connectivity index (χ2n) is 14.4. The van der Waals surface area contributed by atoms with Crippen molar-refractivity contribution < 1.29 is 9.22 Å². The molecule has 0 saturated heterocycles. The maximum Gasteiger partial charge on any atom is 0.149 e. The molecular weight excluding hydrogens is 635 g/mol. The van der Waals surface area contributed by atoms with Crippen molar-refractivity contribution in [1.29, 1.82) is 0 Å². The largest absolute Gasteiger partial charge is 0.507 e. The van der Waals surface area contributed by atoms with Crippen LogP contribution in [0.5, 0.6) is 5.75 Å².